The molecule has 17 nitrogen and oxygen atoms in total. The molecule has 6 N–H and O–H groups in total. The lowest BCUT2D eigenvalue weighted by molar-refractivity contribution is -0.145. The van der Waals surface area contributed by atoms with Crippen molar-refractivity contribution < 1.29 is 58.4 Å². The molecule has 0 saturated heterocycles. The minimum absolute atomic E-state index is 0.0751. The number of aliphatic carboxylic acids is 3. The highest BCUT2D eigenvalue weighted by Crippen LogP contribution is 2.57. The number of likely N-dealkylation sites (N-methyl/N-ethyl adjacent to an activating group) is 1. The van der Waals surface area contributed by atoms with Crippen LogP contribution >= 0.6 is 0 Å². The normalized spacial score (nSPS) is 14.7. The minimum atomic E-state index is -1.43. The molecular formula is C41H47N5O12. The van der Waals surface area contributed by atoms with Crippen LogP contribution in [0.1, 0.15) is 75.9 Å². The molecule has 0 saturated carbocycles. The van der Waals surface area contributed by atoms with E-state index in [1.54, 1.807) is 12.1 Å². The van der Waals surface area contributed by atoms with Crippen molar-refractivity contribution in [2.75, 3.05) is 51.6 Å². The number of rotatable bonds is 19. The van der Waals surface area contributed by atoms with Crippen LogP contribution in [0.2, 0.25) is 0 Å². The number of carbonyl (C=O) groups is 7. The molecule has 3 atom stereocenters. The van der Waals surface area contributed by atoms with Gasteiger partial charge in [0.25, 0.3) is 5.91 Å². The van der Waals surface area contributed by atoms with Gasteiger partial charge in [0.1, 0.15) is 17.5 Å². The number of Topliss-reactive ketones (excluding diaryl/α,β-unsaturated/α-hetero) is 1. The number of carboxylic acids is 3. The van der Waals surface area contributed by atoms with Gasteiger partial charge in [-0.3, -0.25) is 24.0 Å². The van der Waals surface area contributed by atoms with E-state index in [1.807, 2.05) is 74.4 Å². The van der Waals surface area contributed by atoms with Gasteiger partial charge < -0.3 is 50.5 Å². The molecule has 0 bridgehead atoms. The lowest BCUT2D eigenvalue weighted by Crippen LogP contribution is -2.46. The molecule has 2 amide bonds. The summed E-state index contributed by atoms with van der Waals surface area (Å²) in [6.07, 6.45) is -1.51. The monoisotopic (exact) mass is 801 g/mol. The second kappa shape index (κ2) is 17.8. The zero-order valence-electron chi connectivity index (χ0n) is 32.8. The number of ether oxygens (including phenoxy) is 2. The summed E-state index contributed by atoms with van der Waals surface area (Å²) in [5.41, 5.74) is 2.65. The van der Waals surface area contributed by atoms with E-state index in [2.05, 4.69) is 16.0 Å². The number of carboxylic acid groups (broad SMARTS) is 3. The van der Waals surface area contributed by atoms with Crippen molar-refractivity contribution in [3.8, 4) is 11.5 Å². The fourth-order valence-corrected chi connectivity index (χ4v) is 7.13. The average molecular weight is 802 g/mol. The number of anilines is 2. The lowest BCUT2D eigenvalue weighted by atomic mass is 9.77. The summed E-state index contributed by atoms with van der Waals surface area (Å²) < 4.78 is 12.7. The summed E-state index contributed by atoms with van der Waals surface area (Å²) in [4.78, 5) is 90.9. The van der Waals surface area contributed by atoms with Crippen molar-refractivity contribution in [1.29, 1.82) is 0 Å². The zero-order valence-corrected chi connectivity index (χ0v) is 32.8. The Bertz CT molecular complexity index is 2080. The van der Waals surface area contributed by atoms with Crippen LogP contribution in [-0.4, -0.2) is 111 Å². The minimum Gasteiger partial charge on any atom is -0.481 e. The number of benzene rings is 3. The summed E-state index contributed by atoms with van der Waals surface area (Å²) in [5, 5.41) is 35.7. The van der Waals surface area contributed by atoms with E-state index in [0.29, 0.717) is 34.6 Å². The van der Waals surface area contributed by atoms with Crippen LogP contribution in [0.4, 0.5) is 11.4 Å². The number of carbonyl (C=O) groups excluding carboxylic acids is 4. The second-order valence-corrected chi connectivity index (χ2v) is 14.6. The fourth-order valence-electron chi connectivity index (χ4n) is 7.13. The molecule has 1 unspecified atom stereocenters. The quantitative estimate of drug-likeness (QED) is 0.0755. The molecule has 0 aromatic heterocycles. The number of unbranched alkanes of at least 4 members (excludes halogenated alkanes) is 1. The Morgan fingerprint density at radius 1 is 0.741 bits per heavy atom. The van der Waals surface area contributed by atoms with E-state index in [1.165, 1.54) is 13.1 Å². The Morgan fingerprint density at radius 2 is 1.33 bits per heavy atom. The highest BCUT2D eigenvalue weighted by molar-refractivity contribution is 6.02. The first-order chi connectivity index (χ1) is 27.5. The van der Waals surface area contributed by atoms with Crippen LogP contribution in [0, 0.1) is 5.92 Å². The van der Waals surface area contributed by atoms with Gasteiger partial charge in [0.05, 0.1) is 30.4 Å². The molecule has 1 spiro atoms. The molecule has 3 aromatic carbocycles. The lowest BCUT2D eigenvalue weighted by Gasteiger charge is -2.37. The molecule has 2 heterocycles. The molecule has 5 rings (SSSR count). The van der Waals surface area contributed by atoms with Crippen LogP contribution < -0.4 is 30.5 Å². The van der Waals surface area contributed by atoms with E-state index in [4.69, 9.17) is 14.6 Å². The molecular weight excluding hydrogens is 754 g/mol. The van der Waals surface area contributed by atoms with Crippen molar-refractivity contribution in [3.05, 3.63) is 82.4 Å². The van der Waals surface area contributed by atoms with Gasteiger partial charge in [-0.15, -0.1) is 0 Å². The van der Waals surface area contributed by atoms with Crippen molar-refractivity contribution in [2.45, 2.75) is 56.2 Å². The molecule has 3 aromatic rings. The van der Waals surface area contributed by atoms with E-state index in [9.17, 15) is 43.8 Å². The van der Waals surface area contributed by atoms with E-state index < -0.39 is 84.3 Å². The summed E-state index contributed by atoms with van der Waals surface area (Å²) >= 11 is 0. The van der Waals surface area contributed by atoms with Gasteiger partial charge in [-0.2, -0.15) is 0 Å². The predicted molar refractivity (Wildman–Crippen MR) is 210 cm³/mol. The third kappa shape index (κ3) is 9.04. The van der Waals surface area contributed by atoms with Crippen LogP contribution in [0.5, 0.6) is 11.5 Å². The molecule has 58 heavy (non-hydrogen) atoms. The maximum absolute atomic E-state index is 13.6. The predicted octanol–water partition coefficient (Wildman–Crippen LogP) is 2.97. The maximum atomic E-state index is 13.6. The number of esters is 1. The Labute approximate surface area is 334 Å². The number of hydrogen-bond donors (Lipinski definition) is 6. The van der Waals surface area contributed by atoms with Gasteiger partial charge >= 0.3 is 23.9 Å². The first-order valence-electron chi connectivity index (χ1n) is 18.6. The van der Waals surface area contributed by atoms with Gasteiger partial charge in [0.15, 0.2) is 11.4 Å². The van der Waals surface area contributed by atoms with Gasteiger partial charge in [-0.1, -0.05) is 6.07 Å². The molecule has 17 heteroatoms. The molecule has 308 valence electrons. The average Bonchev–Trinajstić information content (AvgIpc) is 3.46. The fraction of sp³-hybridized carbons (Fsp3) is 0.390. The van der Waals surface area contributed by atoms with Crippen molar-refractivity contribution >= 4 is 52.8 Å². The van der Waals surface area contributed by atoms with Crippen LogP contribution in [0.15, 0.2) is 54.6 Å². The standard InChI is InChI=1S/C41H47N5O12/c1-42-31(21-36(50)51)32(47)17-23(18-35(48)49)38(53)44-30(39(54)55)8-6-7-15-43-37(52)22-9-12-27-26(16-22)40(56)58-41(27)28-13-10-24(45(2)3)19-33(28)57-34-20-25(46(4)5)11-14-29(34)41/h9-14,16,19-20,23,30-31,42H,6-8,15,17-18,21H2,1-5H3,(H,43,52)(H,44,53)(H,48,49)(H,50,51)(H,54,55)/t23-,30?,31-/m0/s1. The number of nitrogens with one attached hydrogen (secondary N) is 3. The first-order valence-corrected chi connectivity index (χ1v) is 18.6. The van der Waals surface area contributed by atoms with Gasteiger partial charge in [0, 0.05) is 86.9 Å². The third-order valence-electron chi connectivity index (χ3n) is 10.2. The smallest absolute Gasteiger partial charge is 0.340 e. The Kier molecular flexibility index (Phi) is 13.1. The molecule has 0 aliphatic carbocycles. The van der Waals surface area contributed by atoms with Crippen molar-refractivity contribution in [2.24, 2.45) is 5.92 Å². The Hall–Kier alpha value is -6.49. The summed E-state index contributed by atoms with van der Waals surface area (Å²) in [7, 11) is 8.99. The number of fused-ring (bicyclic) bond motifs is 6. The summed E-state index contributed by atoms with van der Waals surface area (Å²) in [6, 6.07) is 13.5. The zero-order chi connectivity index (χ0) is 42.5. The Morgan fingerprint density at radius 3 is 1.86 bits per heavy atom. The van der Waals surface area contributed by atoms with Crippen LogP contribution in [0.25, 0.3) is 0 Å². The largest absolute Gasteiger partial charge is 0.481 e. The van der Waals surface area contributed by atoms with Gasteiger partial charge in [-0.05, 0) is 62.7 Å². The molecule has 0 radical (unpaired) electrons. The first kappa shape index (κ1) is 42.6. The van der Waals surface area contributed by atoms with E-state index >= 15 is 0 Å². The number of amides is 2. The van der Waals surface area contributed by atoms with Gasteiger partial charge in [-0.25, -0.2) is 9.59 Å². The number of ketones is 1. The number of hydrogen-bond acceptors (Lipinski definition) is 12. The van der Waals surface area contributed by atoms with Crippen molar-refractivity contribution in [3.63, 3.8) is 0 Å². The summed E-state index contributed by atoms with van der Waals surface area (Å²) in [6.45, 7) is 0.121. The van der Waals surface area contributed by atoms with Crippen LogP contribution in [0.3, 0.4) is 0 Å². The van der Waals surface area contributed by atoms with Crippen LogP contribution in [-0.2, 0) is 34.3 Å². The van der Waals surface area contributed by atoms with E-state index in [-0.39, 0.29) is 30.5 Å². The maximum Gasteiger partial charge on any atom is 0.340 e. The SMILES string of the molecule is CN[C@@H](CC(=O)O)C(=O)C[C@@H](CC(=O)O)C(=O)NC(CCCCNC(=O)c1ccc2c(c1)C(=O)OC21c2ccc(N(C)C)cc2Oc2cc(N(C)C)ccc21)C(=O)O. The third-order valence-corrected chi connectivity index (χ3v) is 10.2. The van der Waals surface area contributed by atoms with Gasteiger partial charge in [0.2, 0.25) is 5.91 Å². The highest BCUT2D eigenvalue weighted by atomic mass is 16.6. The Balaban J connectivity index is 1.25. The van der Waals surface area contributed by atoms with E-state index in [0.717, 1.165) is 11.4 Å². The molecule has 2 aliphatic rings. The highest BCUT2D eigenvalue weighted by Gasteiger charge is 2.54. The molecule has 2 aliphatic heterocycles. The number of nitrogens with zero attached hydrogens (tertiary/aromatic N) is 2. The van der Waals surface area contributed by atoms with Crippen molar-refractivity contribution in [1.82, 2.24) is 16.0 Å². The topological polar surface area (TPSA) is 241 Å². The summed E-state index contributed by atoms with van der Waals surface area (Å²) in [5.74, 6) is -7.22. The molecule has 0 fully saturated rings. The second-order valence-electron chi connectivity index (χ2n) is 14.6.